The van der Waals surface area contributed by atoms with Crippen molar-refractivity contribution in [1.82, 2.24) is 9.97 Å². The second-order valence-corrected chi connectivity index (χ2v) is 4.96. The quantitative estimate of drug-likeness (QED) is 0.411. The molecule has 0 aliphatic heterocycles. The van der Waals surface area contributed by atoms with Crippen LogP contribution in [0, 0.1) is 0 Å². The van der Waals surface area contributed by atoms with Gasteiger partial charge in [0.15, 0.2) is 6.61 Å². The molecule has 1 aromatic carbocycles. The summed E-state index contributed by atoms with van der Waals surface area (Å²) in [4.78, 5) is 19.4. The Hall–Kier alpha value is -3.30. The van der Waals surface area contributed by atoms with Crippen molar-refractivity contribution in [2.75, 3.05) is 20.8 Å². The number of aromatic nitrogens is 2. The molecule has 0 aliphatic carbocycles. The number of ether oxygens (including phenoxy) is 4. The van der Waals surface area contributed by atoms with Crippen molar-refractivity contribution in [1.29, 1.82) is 0 Å². The summed E-state index contributed by atoms with van der Waals surface area (Å²) in [6.45, 7) is -1.50. The Bertz CT molecular complexity index is 824. The Morgan fingerprint density at radius 2 is 1.85 bits per heavy atom. The highest BCUT2D eigenvalue weighted by atomic mass is 19.4. The topological polar surface area (TPSA) is 79.8 Å². The second kappa shape index (κ2) is 8.88. The van der Waals surface area contributed by atoms with E-state index < -0.39 is 18.8 Å². The fourth-order valence-electron chi connectivity index (χ4n) is 1.95. The molecule has 7 nitrogen and oxygen atoms in total. The van der Waals surface area contributed by atoms with Crippen LogP contribution in [-0.2, 0) is 14.3 Å². The molecule has 0 bridgehead atoms. The van der Waals surface area contributed by atoms with Gasteiger partial charge in [-0.15, -0.1) is 0 Å². The van der Waals surface area contributed by atoms with E-state index >= 15 is 0 Å². The number of hydrogen-bond acceptors (Lipinski definition) is 7. The molecule has 0 fully saturated rings. The van der Waals surface area contributed by atoms with Crippen LogP contribution in [0.3, 0.4) is 0 Å². The standard InChI is InChI=1S/C17H15F3N2O5/c1-24-8-12(16(23)25-2)11-5-3-4-6-13(11)27-15-7-14(21-10-22-15)26-9-17(18,19)20/h3-8,10H,9H2,1-2H3/b12-8+. The van der Waals surface area contributed by atoms with Crippen molar-refractivity contribution >= 4 is 11.5 Å². The van der Waals surface area contributed by atoms with Crippen molar-refractivity contribution in [2.45, 2.75) is 6.18 Å². The minimum absolute atomic E-state index is 0.0729. The fourth-order valence-corrected chi connectivity index (χ4v) is 1.95. The van der Waals surface area contributed by atoms with Gasteiger partial charge in [-0.2, -0.15) is 13.2 Å². The van der Waals surface area contributed by atoms with Crippen molar-refractivity contribution in [3.05, 3.63) is 48.5 Å². The molecule has 1 heterocycles. The summed E-state index contributed by atoms with van der Waals surface area (Å²) in [5, 5.41) is 0. The normalized spacial score (nSPS) is 11.7. The lowest BCUT2D eigenvalue weighted by atomic mass is 10.1. The number of rotatable bonds is 7. The number of benzene rings is 1. The van der Waals surface area contributed by atoms with E-state index in [1.807, 2.05) is 0 Å². The van der Waals surface area contributed by atoms with Gasteiger partial charge < -0.3 is 18.9 Å². The Labute approximate surface area is 152 Å². The number of alkyl halides is 3. The molecule has 2 aromatic rings. The van der Waals surface area contributed by atoms with Gasteiger partial charge >= 0.3 is 12.1 Å². The third-order valence-corrected chi connectivity index (χ3v) is 3.03. The Kier molecular flexibility index (Phi) is 6.58. The first-order valence-electron chi connectivity index (χ1n) is 7.44. The molecule has 0 spiro atoms. The summed E-state index contributed by atoms with van der Waals surface area (Å²) in [6.07, 6.45) is -2.32. The maximum absolute atomic E-state index is 12.3. The lowest BCUT2D eigenvalue weighted by molar-refractivity contribution is -0.154. The first-order chi connectivity index (χ1) is 12.8. The van der Waals surface area contributed by atoms with Gasteiger partial charge in [-0.1, -0.05) is 18.2 Å². The second-order valence-electron chi connectivity index (χ2n) is 4.96. The summed E-state index contributed by atoms with van der Waals surface area (Å²) in [6, 6.07) is 7.52. The number of methoxy groups -OCH3 is 2. The van der Waals surface area contributed by atoms with Crippen LogP contribution in [-0.4, -0.2) is 42.9 Å². The third-order valence-electron chi connectivity index (χ3n) is 3.03. The number of carbonyl (C=O) groups excluding carboxylic acids is 1. The largest absolute Gasteiger partial charge is 0.503 e. The van der Waals surface area contributed by atoms with Crippen LogP contribution in [0.2, 0.25) is 0 Å². The number of esters is 1. The highest BCUT2D eigenvalue weighted by Gasteiger charge is 2.28. The minimum atomic E-state index is -4.50. The van der Waals surface area contributed by atoms with Gasteiger partial charge in [0.2, 0.25) is 11.8 Å². The van der Waals surface area contributed by atoms with Gasteiger partial charge in [-0.05, 0) is 6.07 Å². The highest BCUT2D eigenvalue weighted by Crippen LogP contribution is 2.31. The van der Waals surface area contributed by atoms with Crippen LogP contribution < -0.4 is 9.47 Å². The van der Waals surface area contributed by atoms with Gasteiger partial charge in [-0.3, -0.25) is 0 Å². The molecule has 0 radical (unpaired) electrons. The van der Waals surface area contributed by atoms with Crippen LogP contribution in [0.15, 0.2) is 42.9 Å². The average molecular weight is 384 g/mol. The first-order valence-corrected chi connectivity index (χ1v) is 7.44. The predicted octanol–water partition coefficient (Wildman–Crippen LogP) is 3.37. The van der Waals surface area contributed by atoms with Crippen molar-refractivity contribution in [3.63, 3.8) is 0 Å². The molecule has 0 atom stereocenters. The van der Waals surface area contributed by atoms with E-state index in [4.69, 9.17) is 14.2 Å². The van der Waals surface area contributed by atoms with Gasteiger partial charge in [0.1, 0.15) is 17.6 Å². The number of halogens is 3. The van der Waals surface area contributed by atoms with Crippen molar-refractivity contribution in [3.8, 4) is 17.5 Å². The van der Waals surface area contributed by atoms with Crippen LogP contribution in [0.25, 0.3) is 5.57 Å². The van der Waals surface area contributed by atoms with E-state index in [0.717, 1.165) is 12.4 Å². The van der Waals surface area contributed by atoms with Gasteiger partial charge in [-0.25, -0.2) is 14.8 Å². The molecule has 27 heavy (non-hydrogen) atoms. The smallest absolute Gasteiger partial charge is 0.422 e. The Balaban J connectivity index is 2.28. The van der Waals surface area contributed by atoms with E-state index in [2.05, 4.69) is 14.7 Å². The molecule has 0 amide bonds. The monoisotopic (exact) mass is 384 g/mol. The van der Waals surface area contributed by atoms with Crippen molar-refractivity contribution in [2.24, 2.45) is 0 Å². The van der Waals surface area contributed by atoms with Crippen LogP contribution in [0.4, 0.5) is 13.2 Å². The summed E-state index contributed by atoms with van der Waals surface area (Å²) >= 11 is 0. The zero-order chi connectivity index (χ0) is 19.9. The number of para-hydroxylation sites is 1. The van der Waals surface area contributed by atoms with Crippen LogP contribution >= 0.6 is 0 Å². The maximum atomic E-state index is 12.3. The zero-order valence-corrected chi connectivity index (χ0v) is 14.3. The molecule has 0 unspecified atom stereocenters. The van der Waals surface area contributed by atoms with E-state index in [9.17, 15) is 18.0 Å². The summed E-state index contributed by atoms with van der Waals surface area (Å²) < 4.78 is 56.5. The molecule has 0 saturated heterocycles. The van der Waals surface area contributed by atoms with Gasteiger partial charge in [0, 0.05) is 5.56 Å². The maximum Gasteiger partial charge on any atom is 0.422 e. The first kappa shape index (κ1) is 20.0. The number of nitrogens with zero attached hydrogens (tertiary/aromatic N) is 2. The Morgan fingerprint density at radius 1 is 1.15 bits per heavy atom. The number of hydrogen-bond donors (Lipinski definition) is 0. The molecular formula is C17H15F3N2O5. The Morgan fingerprint density at radius 3 is 2.52 bits per heavy atom. The van der Waals surface area contributed by atoms with E-state index in [0.29, 0.717) is 5.56 Å². The van der Waals surface area contributed by atoms with Crippen LogP contribution in [0.1, 0.15) is 5.56 Å². The molecule has 0 aliphatic rings. The highest BCUT2D eigenvalue weighted by molar-refractivity contribution is 6.17. The van der Waals surface area contributed by atoms with Crippen LogP contribution in [0.5, 0.6) is 17.5 Å². The summed E-state index contributed by atoms with van der Waals surface area (Å²) in [7, 11) is 2.57. The van der Waals surface area contributed by atoms with Gasteiger partial charge in [0.05, 0.1) is 26.5 Å². The molecule has 144 valence electrons. The zero-order valence-electron chi connectivity index (χ0n) is 14.3. The van der Waals surface area contributed by atoms with Crippen molar-refractivity contribution < 1.29 is 36.9 Å². The number of carbonyl (C=O) groups is 1. The lowest BCUT2D eigenvalue weighted by Crippen LogP contribution is -2.19. The molecule has 0 saturated carbocycles. The SMILES string of the molecule is CO/C=C(/C(=O)OC)c1ccccc1Oc1cc(OCC(F)(F)F)ncn1. The lowest BCUT2D eigenvalue weighted by Gasteiger charge is -2.13. The third kappa shape index (κ3) is 5.87. The molecular weight excluding hydrogens is 369 g/mol. The predicted molar refractivity (Wildman–Crippen MR) is 87.1 cm³/mol. The van der Waals surface area contributed by atoms with E-state index in [1.165, 1.54) is 20.5 Å². The molecule has 10 heteroatoms. The average Bonchev–Trinajstić information content (AvgIpc) is 2.64. The summed E-state index contributed by atoms with van der Waals surface area (Å²) in [5.74, 6) is -0.844. The van der Waals surface area contributed by atoms with E-state index in [-0.39, 0.29) is 23.1 Å². The minimum Gasteiger partial charge on any atom is -0.503 e. The van der Waals surface area contributed by atoms with E-state index in [1.54, 1.807) is 24.3 Å². The molecule has 0 N–H and O–H groups in total. The molecule has 2 rings (SSSR count). The fraction of sp³-hybridized carbons (Fsp3) is 0.235. The summed E-state index contributed by atoms with van der Waals surface area (Å²) in [5.41, 5.74) is 0.417. The molecule has 1 aromatic heterocycles. The van der Waals surface area contributed by atoms with Gasteiger partial charge in [0.25, 0.3) is 0 Å².